The second-order valence-corrected chi connectivity index (χ2v) is 6.54. The van der Waals surface area contributed by atoms with Crippen molar-refractivity contribution in [3.63, 3.8) is 0 Å². The molecule has 1 aromatic rings. The minimum absolute atomic E-state index is 0.409. The van der Waals surface area contributed by atoms with Crippen LogP contribution in [0.5, 0.6) is 0 Å². The molecular formula is C15H23BrN2. The molecule has 100 valence electrons. The number of hydrogen-bond acceptors (Lipinski definition) is 2. The first kappa shape index (κ1) is 14.0. The van der Waals surface area contributed by atoms with Crippen molar-refractivity contribution in [1.29, 1.82) is 0 Å². The molecule has 1 unspecified atom stereocenters. The van der Waals surface area contributed by atoms with E-state index in [0.29, 0.717) is 6.04 Å². The van der Waals surface area contributed by atoms with Crippen LogP contribution < -0.4 is 11.3 Å². The third-order valence-electron chi connectivity index (χ3n) is 4.19. The smallest absolute Gasteiger partial charge is 0.0279 e. The molecule has 0 heterocycles. The lowest BCUT2D eigenvalue weighted by Gasteiger charge is -2.32. The first-order valence-corrected chi connectivity index (χ1v) is 7.69. The van der Waals surface area contributed by atoms with Gasteiger partial charge in [0.05, 0.1) is 0 Å². The molecule has 1 atom stereocenters. The van der Waals surface area contributed by atoms with Crippen LogP contribution in [0, 0.1) is 11.8 Å². The molecule has 1 aromatic carbocycles. The summed E-state index contributed by atoms with van der Waals surface area (Å²) >= 11 is 3.53. The first-order chi connectivity index (χ1) is 8.69. The molecule has 2 nitrogen and oxygen atoms in total. The second kappa shape index (κ2) is 6.69. The summed E-state index contributed by atoms with van der Waals surface area (Å²) < 4.78 is 1.15. The molecule has 3 heteroatoms. The molecule has 1 fully saturated rings. The van der Waals surface area contributed by atoms with Crippen LogP contribution in [0.3, 0.4) is 0 Å². The van der Waals surface area contributed by atoms with Gasteiger partial charge in [-0.3, -0.25) is 11.3 Å². The van der Waals surface area contributed by atoms with Crippen molar-refractivity contribution >= 4 is 15.9 Å². The highest BCUT2D eigenvalue weighted by atomic mass is 79.9. The number of hydrogen-bond donors (Lipinski definition) is 2. The molecule has 3 N–H and O–H groups in total. The molecule has 18 heavy (non-hydrogen) atoms. The van der Waals surface area contributed by atoms with Gasteiger partial charge in [0.1, 0.15) is 0 Å². The highest BCUT2D eigenvalue weighted by Gasteiger charge is 2.25. The molecule has 0 bridgehead atoms. The standard InChI is InChI=1S/C15H23BrN2/c1-11-5-7-13(8-6-11)15(18-17)10-12-3-2-4-14(16)9-12/h2-4,9,11,13,15,18H,5-8,10,17H2,1H3. The summed E-state index contributed by atoms with van der Waals surface area (Å²) in [6.45, 7) is 2.36. The average Bonchev–Trinajstić information content (AvgIpc) is 2.37. The van der Waals surface area contributed by atoms with Crippen molar-refractivity contribution in [3.05, 3.63) is 34.3 Å². The van der Waals surface area contributed by atoms with Crippen molar-refractivity contribution in [3.8, 4) is 0 Å². The molecule has 0 aliphatic heterocycles. The van der Waals surface area contributed by atoms with Crippen LogP contribution in [0.2, 0.25) is 0 Å². The molecular weight excluding hydrogens is 288 g/mol. The lowest BCUT2D eigenvalue weighted by atomic mass is 9.78. The van der Waals surface area contributed by atoms with E-state index < -0.39 is 0 Å². The van der Waals surface area contributed by atoms with E-state index in [4.69, 9.17) is 5.84 Å². The Kier molecular flexibility index (Phi) is 5.22. The Labute approximate surface area is 118 Å². The van der Waals surface area contributed by atoms with E-state index in [1.807, 2.05) is 0 Å². The minimum atomic E-state index is 0.409. The Bertz CT molecular complexity index is 373. The Hall–Kier alpha value is -0.380. The molecule has 0 aromatic heterocycles. The van der Waals surface area contributed by atoms with E-state index in [1.54, 1.807) is 0 Å². The summed E-state index contributed by atoms with van der Waals surface area (Å²) in [6.07, 6.45) is 6.34. The predicted octanol–water partition coefficient (Wildman–Crippen LogP) is 3.65. The lowest BCUT2D eigenvalue weighted by Crippen LogP contribution is -2.43. The maximum atomic E-state index is 5.76. The fourth-order valence-corrected chi connectivity index (χ4v) is 3.41. The van der Waals surface area contributed by atoms with E-state index in [0.717, 1.165) is 22.7 Å². The molecule has 0 radical (unpaired) electrons. The highest BCUT2D eigenvalue weighted by molar-refractivity contribution is 9.10. The van der Waals surface area contributed by atoms with Crippen molar-refractivity contribution in [1.82, 2.24) is 5.43 Å². The van der Waals surface area contributed by atoms with Crippen molar-refractivity contribution < 1.29 is 0 Å². The van der Waals surface area contributed by atoms with Crippen molar-refractivity contribution in [2.45, 2.75) is 45.1 Å². The maximum Gasteiger partial charge on any atom is 0.0279 e. The van der Waals surface area contributed by atoms with Crippen molar-refractivity contribution in [2.24, 2.45) is 17.7 Å². The summed E-state index contributed by atoms with van der Waals surface area (Å²) in [7, 11) is 0. The minimum Gasteiger partial charge on any atom is -0.271 e. The van der Waals surface area contributed by atoms with E-state index >= 15 is 0 Å². The molecule has 2 rings (SSSR count). The zero-order chi connectivity index (χ0) is 13.0. The topological polar surface area (TPSA) is 38.0 Å². The molecule has 0 amide bonds. The Balaban J connectivity index is 1.96. The Morgan fingerprint density at radius 3 is 2.67 bits per heavy atom. The molecule has 0 spiro atoms. The quantitative estimate of drug-likeness (QED) is 0.658. The van der Waals surface area contributed by atoms with Gasteiger partial charge >= 0.3 is 0 Å². The lowest BCUT2D eigenvalue weighted by molar-refractivity contribution is 0.229. The van der Waals surface area contributed by atoms with Crippen molar-refractivity contribution in [2.75, 3.05) is 0 Å². The first-order valence-electron chi connectivity index (χ1n) is 6.89. The van der Waals surface area contributed by atoms with Crippen LogP contribution in [0.4, 0.5) is 0 Å². The molecule has 1 aliphatic carbocycles. The fraction of sp³-hybridized carbons (Fsp3) is 0.600. The van der Waals surface area contributed by atoms with Gasteiger partial charge in [0.25, 0.3) is 0 Å². The monoisotopic (exact) mass is 310 g/mol. The summed E-state index contributed by atoms with van der Waals surface area (Å²) in [5.74, 6) is 7.38. The Morgan fingerprint density at radius 1 is 1.33 bits per heavy atom. The van der Waals surface area contributed by atoms with E-state index in [1.165, 1.54) is 31.2 Å². The fourth-order valence-electron chi connectivity index (χ4n) is 2.97. The van der Waals surface area contributed by atoms with Crippen LogP contribution in [-0.4, -0.2) is 6.04 Å². The number of rotatable bonds is 4. The molecule has 1 saturated carbocycles. The van der Waals surface area contributed by atoms with Crippen LogP contribution in [0.1, 0.15) is 38.2 Å². The van der Waals surface area contributed by atoms with Gasteiger partial charge in [-0.2, -0.15) is 0 Å². The number of benzene rings is 1. The summed E-state index contributed by atoms with van der Waals surface area (Å²) in [5, 5.41) is 0. The number of halogens is 1. The number of nitrogens with one attached hydrogen (secondary N) is 1. The van der Waals surface area contributed by atoms with Gasteiger partial charge in [0.2, 0.25) is 0 Å². The molecule has 1 aliphatic rings. The van der Waals surface area contributed by atoms with E-state index in [-0.39, 0.29) is 0 Å². The van der Waals surface area contributed by atoms with E-state index in [9.17, 15) is 0 Å². The van der Waals surface area contributed by atoms with Gasteiger partial charge in [-0.15, -0.1) is 0 Å². The van der Waals surface area contributed by atoms with Gasteiger partial charge in [0.15, 0.2) is 0 Å². The van der Waals surface area contributed by atoms with Gasteiger partial charge < -0.3 is 0 Å². The summed E-state index contributed by atoms with van der Waals surface area (Å²) in [6, 6.07) is 8.94. The zero-order valence-electron chi connectivity index (χ0n) is 11.0. The zero-order valence-corrected chi connectivity index (χ0v) is 12.6. The summed E-state index contributed by atoms with van der Waals surface area (Å²) in [5.41, 5.74) is 4.39. The van der Waals surface area contributed by atoms with Gasteiger partial charge in [-0.05, 0) is 48.8 Å². The summed E-state index contributed by atoms with van der Waals surface area (Å²) in [4.78, 5) is 0. The van der Waals surface area contributed by atoms with E-state index in [2.05, 4.69) is 52.5 Å². The van der Waals surface area contributed by atoms with Crippen LogP contribution >= 0.6 is 15.9 Å². The SMILES string of the molecule is CC1CCC(C(Cc2cccc(Br)c2)NN)CC1. The van der Waals surface area contributed by atoms with Crippen LogP contribution in [-0.2, 0) is 6.42 Å². The Morgan fingerprint density at radius 2 is 2.06 bits per heavy atom. The normalized spacial score (nSPS) is 25.9. The van der Waals surface area contributed by atoms with Crippen LogP contribution in [0.15, 0.2) is 28.7 Å². The second-order valence-electron chi connectivity index (χ2n) is 5.63. The highest BCUT2D eigenvalue weighted by Crippen LogP contribution is 2.31. The number of hydrazine groups is 1. The number of nitrogens with two attached hydrogens (primary N) is 1. The third-order valence-corrected chi connectivity index (χ3v) is 4.68. The predicted molar refractivity (Wildman–Crippen MR) is 80.1 cm³/mol. The van der Waals surface area contributed by atoms with Gasteiger partial charge in [-0.25, -0.2) is 0 Å². The maximum absolute atomic E-state index is 5.76. The third kappa shape index (κ3) is 3.81. The van der Waals surface area contributed by atoms with Gasteiger partial charge in [0, 0.05) is 10.5 Å². The average molecular weight is 311 g/mol. The largest absolute Gasteiger partial charge is 0.271 e. The van der Waals surface area contributed by atoms with Gasteiger partial charge in [-0.1, -0.05) is 47.8 Å². The molecule has 0 saturated heterocycles. The van der Waals surface area contributed by atoms with Crippen LogP contribution in [0.25, 0.3) is 0 Å².